The monoisotopic (exact) mass is 438 g/mol. The van der Waals surface area contributed by atoms with Gasteiger partial charge in [0.25, 0.3) is 11.8 Å². The zero-order chi connectivity index (χ0) is 20.5. The van der Waals surface area contributed by atoms with E-state index in [1.807, 2.05) is 56.6 Å². The average molecular weight is 439 g/mol. The van der Waals surface area contributed by atoms with Crippen molar-refractivity contribution in [1.29, 1.82) is 0 Å². The van der Waals surface area contributed by atoms with Gasteiger partial charge in [0, 0.05) is 35.9 Å². The van der Waals surface area contributed by atoms with Crippen LogP contribution in [-0.2, 0) is 4.74 Å². The van der Waals surface area contributed by atoms with Crippen LogP contribution in [0.2, 0.25) is 0 Å². The van der Waals surface area contributed by atoms with E-state index in [0.29, 0.717) is 36.9 Å². The summed E-state index contributed by atoms with van der Waals surface area (Å²) in [4.78, 5) is 33.0. The van der Waals surface area contributed by atoms with E-state index >= 15 is 0 Å². The maximum Gasteiger partial charge on any atom is 0.271 e. The Labute approximate surface area is 180 Å². The maximum absolute atomic E-state index is 12.9. The molecule has 1 aromatic carbocycles. The van der Waals surface area contributed by atoms with Crippen molar-refractivity contribution in [3.8, 4) is 11.3 Å². The van der Waals surface area contributed by atoms with Crippen molar-refractivity contribution >= 4 is 45.1 Å². The molecule has 5 rings (SSSR count). The molecule has 9 heteroatoms. The van der Waals surface area contributed by atoms with Crippen molar-refractivity contribution in [2.75, 3.05) is 31.6 Å². The first-order chi connectivity index (χ1) is 14.7. The fraction of sp³-hybridized carbons (Fsp3) is 0.190. The van der Waals surface area contributed by atoms with Gasteiger partial charge in [0.1, 0.15) is 5.69 Å². The second-order valence-corrected chi connectivity index (χ2v) is 8.60. The van der Waals surface area contributed by atoms with Gasteiger partial charge in [0.2, 0.25) is 0 Å². The third-order valence-electron chi connectivity index (χ3n) is 4.91. The van der Waals surface area contributed by atoms with Gasteiger partial charge in [-0.25, -0.2) is 4.98 Å². The minimum Gasteiger partial charge on any atom is -0.378 e. The van der Waals surface area contributed by atoms with Crippen molar-refractivity contribution in [1.82, 2.24) is 14.3 Å². The third-order valence-corrected chi connectivity index (χ3v) is 6.62. The molecule has 0 radical (unpaired) electrons. The number of aromatic nitrogens is 2. The number of thiophene rings is 1. The number of thiazole rings is 1. The Morgan fingerprint density at radius 3 is 2.60 bits per heavy atom. The summed E-state index contributed by atoms with van der Waals surface area (Å²) < 4.78 is 7.19. The van der Waals surface area contributed by atoms with E-state index in [1.54, 1.807) is 6.07 Å². The maximum atomic E-state index is 12.9. The molecule has 1 aliphatic heterocycles. The Morgan fingerprint density at radius 2 is 1.87 bits per heavy atom. The fourth-order valence-corrected chi connectivity index (χ4v) is 4.80. The molecule has 2 amide bonds. The lowest BCUT2D eigenvalue weighted by Gasteiger charge is -2.26. The van der Waals surface area contributed by atoms with Gasteiger partial charge in [-0.3, -0.25) is 14.0 Å². The summed E-state index contributed by atoms with van der Waals surface area (Å²) in [5.41, 5.74) is 3.05. The lowest BCUT2D eigenvalue weighted by Crippen LogP contribution is -2.41. The Hall–Kier alpha value is -3.01. The minimum atomic E-state index is -0.119. The van der Waals surface area contributed by atoms with Gasteiger partial charge < -0.3 is 15.0 Å². The quantitative estimate of drug-likeness (QED) is 0.525. The van der Waals surface area contributed by atoms with Crippen LogP contribution in [0.4, 0.5) is 5.69 Å². The van der Waals surface area contributed by atoms with Gasteiger partial charge in [-0.2, -0.15) is 0 Å². The number of nitrogens with one attached hydrogen (secondary N) is 1. The molecule has 4 heterocycles. The topological polar surface area (TPSA) is 75.9 Å². The number of benzene rings is 1. The number of carbonyl (C=O) groups excluding carboxylic acids is 2. The van der Waals surface area contributed by atoms with Gasteiger partial charge in [-0.05, 0) is 23.6 Å². The van der Waals surface area contributed by atoms with Crippen molar-refractivity contribution < 1.29 is 14.3 Å². The predicted molar refractivity (Wildman–Crippen MR) is 117 cm³/mol. The molecule has 7 nitrogen and oxygen atoms in total. The summed E-state index contributed by atoms with van der Waals surface area (Å²) in [7, 11) is 0. The molecule has 0 atom stereocenters. The van der Waals surface area contributed by atoms with Gasteiger partial charge >= 0.3 is 0 Å². The predicted octanol–water partition coefficient (Wildman–Crippen LogP) is 3.85. The van der Waals surface area contributed by atoms with Crippen LogP contribution >= 0.6 is 22.7 Å². The molecule has 4 aromatic rings. The number of fused-ring (bicyclic) bond motifs is 1. The van der Waals surface area contributed by atoms with E-state index in [2.05, 4.69) is 10.3 Å². The lowest BCUT2D eigenvalue weighted by atomic mass is 10.1. The van der Waals surface area contributed by atoms with E-state index in [1.165, 1.54) is 22.7 Å². The number of nitrogens with zero attached hydrogens (tertiary/aromatic N) is 3. The van der Waals surface area contributed by atoms with Gasteiger partial charge in [-0.15, -0.1) is 22.7 Å². The molecule has 1 aliphatic rings. The normalized spacial score (nSPS) is 14.2. The standard InChI is InChI=1S/C21H18N4O3S2/c26-19(18-2-1-11-29-18)22-15-5-3-14(4-6-15)16-12-25-17(13-30-21(25)23-16)20(27)24-7-9-28-10-8-24/h1-6,11-13H,7-10H2,(H,22,26). The molecule has 152 valence electrons. The van der Waals surface area contributed by atoms with E-state index in [-0.39, 0.29) is 11.8 Å². The smallest absolute Gasteiger partial charge is 0.271 e. The first-order valence-corrected chi connectivity index (χ1v) is 11.2. The molecular weight excluding hydrogens is 420 g/mol. The Kier molecular flexibility index (Phi) is 5.07. The molecule has 0 unspecified atom stereocenters. The lowest BCUT2D eigenvalue weighted by molar-refractivity contribution is 0.0298. The van der Waals surface area contributed by atoms with Crippen LogP contribution in [0.25, 0.3) is 16.2 Å². The molecule has 0 aliphatic carbocycles. The van der Waals surface area contributed by atoms with Gasteiger partial charge in [0.05, 0.1) is 23.8 Å². The summed E-state index contributed by atoms with van der Waals surface area (Å²) in [5.74, 6) is -0.119. The Morgan fingerprint density at radius 1 is 1.07 bits per heavy atom. The van der Waals surface area contributed by atoms with Crippen LogP contribution < -0.4 is 5.32 Å². The first kappa shape index (κ1) is 19.0. The Balaban J connectivity index is 1.35. The van der Waals surface area contributed by atoms with Crippen LogP contribution in [0.1, 0.15) is 20.2 Å². The number of imidazole rings is 1. The Bertz CT molecular complexity index is 1190. The summed E-state index contributed by atoms with van der Waals surface area (Å²) in [6, 6.07) is 11.2. The third kappa shape index (κ3) is 3.62. The van der Waals surface area contributed by atoms with Gasteiger partial charge in [-0.1, -0.05) is 18.2 Å². The van der Waals surface area contributed by atoms with E-state index in [9.17, 15) is 9.59 Å². The molecule has 0 saturated carbocycles. The zero-order valence-corrected chi connectivity index (χ0v) is 17.5. The molecule has 0 bridgehead atoms. The molecule has 30 heavy (non-hydrogen) atoms. The second kappa shape index (κ2) is 8.02. The van der Waals surface area contributed by atoms with Crippen LogP contribution in [0.15, 0.2) is 53.4 Å². The van der Waals surface area contributed by atoms with Crippen molar-refractivity contribution in [2.45, 2.75) is 0 Å². The number of hydrogen-bond donors (Lipinski definition) is 1. The largest absolute Gasteiger partial charge is 0.378 e. The average Bonchev–Trinajstić information content (AvgIpc) is 3.52. The number of rotatable bonds is 4. The highest BCUT2D eigenvalue weighted by molar-refractivity contribution is 7.15. The molecule has 3 aromatic heterocycles. The molecule has 1 saturated heterocycles. The molecule has 1 N–H and O–H groups in total. The zero-order valence-electron chi connectivity index (χ0n) is 15.9. The van der Waals surface area contributed by atoms with Crippen molar-refractivity contribution in [3.63, 3.8) is 0 Å². The number of anilines is 1. The number of hydrogen-bond acceptors (Lipinski definition) is 6. The number of carbonyl (C=O) groups is 2. The van der Waals surface area contributed by atoms with E-state index < -0.39 is 0 Å². The number of morpholine rings is 1. The SMILES string of the molecule is O=C(Nc1ccc(-c2cn3c(C(=O)N4CCOCC4)csc3n2)cc1)c1cccs1. The van der Waals surface area contributed by atoms with E-state index in [4.69, 9.17) is 4.74 Å². The van der Waals surface area contributed by atoms with Crippen LogP contribution in [0.5, 0.6) is 0 Å². The minimum absolute atomic E-state index is 0.000127. The highest BCUT2D eigenvalue weighted by Crippen LogP contribution is 2.26. The summed E-state index contributed by atoms with van der Waals surface area (Å²) in [5, 5.41) is 6.62. The van der Waals surface area contributed by atoms with Crippen molar-refractivity contribution in [3.05, 3.63) is 63.9 Å². The first-order valence-electron chi connectivity index (χ1n) is 9.48. The summed E-state index contributed by atoms with van der Waals surface area (Å²) in [6.07, 6.45) is 1.89. The second-order valence-electron chi connectivity index (χ2n) is 6.81. The van der Waals surface area contributed by atoms with Crippen LogP contribution in [-0.4, -0.2) is 52.4 Å². The van der Waals surface area contributed by atoms with Gasteiger partial charge in [0.15, 0.2) is 4.96 Å². The summed E-state index contributed by atoms with van der Waals surface area (Å²) >= 11 is 2.85. The van der Waals surface area contributed by atoms with Crippen molar-refractivity contribution in [2.24, 2.45) is 0 Å². The van der Waals surface area contributed by atoms with Crippen LogP contribution in [0.3, 0.4) is 0 Å². The summed E-state index contributed by atoms with van der Waals surface area (Å²) in [6.45, 7) is 2.36. The highest BCUT2D eigenvalue weighted by Gasteiger charge is 2.22. The fourth-order valence-electron chi connectivity index (χ4n) is 3.33. The molecular formula is C21H18N4O3S2. The highest BCUT2D eigenvalue weighted by atomic mass is 32.1. The molecule has 0 spiro atoms. The molecule has 1 fully saturated rings. The number of amides is 2. The van der Waals surface area contributed by atoms with E-state index in [0.717, 1.165) is 21.9 Å². The van der Waals surface area contributed by atoms with Crippen LogP contribution in [0, 0.1) is 0 Å². The number of ether oxygens (including phenoxy) is 1.